The Morgan fingerprint density at radius 2 is 2.37 bits per heavy atom. The number of carbonyl (C=O) groups is 1. The molecule has 1 atom stereocenters. The number of hydrogen-bond acceptors (Lipinski definition) is 4. The molecule has 1 aromatic carbocycles. The van der Waals surface area contributed by atoms with Gasteiger partial charge in [0.2, 0.25) is 11.8 Å². The zero-order valence-electron chi connectivity index (χ0n) is 10.4. The van der Waals surface area contributed by atoms with Crippen molar-refractivity contribution < 1.29 is 4.79 Å². The molecule has 2 rings (SSSR count). The van der Waals surface area contributed by atoms with E-state index in [1.807, 2.05) is 31.2 Å². The summed E-state index contributed by atoms with van der Waals surface area (Å²) < 4.78 is 0. The molecule has 0 bridgehead atoms. The highest BCUT2D eigenvalue weighted by Gasteiger charge is 2.13. The number of aromatic nitrogens is 3. The number of halogens is 1. The number of carbonyl (C=O) groups excluding carboxylic acids is 1. The van der Waals surface area contributed by atoms with Gasteiger partial charge in [0.25, 0.3) is 5.91 Å². The predicted molar refractivity (Wildman–Crippen MR) is 72.9 cm³/mol. The molecule has 4 N–H and O–H groups in total. The van der Waals surface area contributed by atoms with Gasteiger partial charge in [-0.05, 0) is 31.0 Å². The third-order valence-corrected chi connectivity index (χ3v) is 2.76. The van der Waals surface area contributed by atoms with Crippen LogP contribution in [-0.2, 0) is 6.42 Å². The summed E-state index contributed by atoms with van der Waals surface area (Å²) >= 11 is 5.91. The van der Waals surface area contributed by atoms with E-state index in [1.54, 1.807) is 0 Å². The maximum atomic E-state index is 11.8. The van der Waals surface area contributed by atoms with Gasteiger partial charge in [0.05, 0.1) is 0 Å². The molecule has 0 saturated heterocycles. The summed E-state index contributed by atoms with van der Waals surface area (Å²) in [5.74, 6) is -0.179. The minimum absolute atomic E-state index is 0.0487. The van der Waals surface area contributed by atoms with Crippen LogP contribution in [-0.4, -0.2) is 27.1 Å². The van der Waals surface area contributed by atoms with Gasteiger partial charge in [0.1, 0.15) is 0 Å². The van der Waals surface area contributed by atoms with E-state index in [0.717, 1.165) is 5.56 Å². The van der Waals surface area contributed by atoms with E-state index >= 15 is 0 Å². The average Bonchev–Trinajstić information content (AvgIpc) is 2.75. The Morgan fingerprint density at radius 3 is 3.00 bits per heavy atom. The lowest BCUT2D eigenvalue weighted by atomic mass is 10.1. The average molecular weight is 280 g/mol. The maximum Gasteiger partial charge on any atom is 0.288 e. The second-order valence-corrected chi connectivity index (χ2v) is 4.69. The number of amides is 1. The standard InChI is InChI=1S/C12H14ClN5O/c1-7(5-8-3-2-4-9(13)6-8)15-11(19)10-16-12(14)18-17-10/h2-4,6-7H,5H2,1H3,(H,15,19)(H3,14,16,17,18). The van der Waals surface area contributed by atoms with Crippen LogP contribution in [0, 0.1) is 0 Å². The van der Waals surface area contributed by atoms with Crippen molar-refractivity contribution in [3.63, 3.8) is 0 Å². The summed E-state index contributed by atoms with van der Waals surface area (Å²) in [5.41, 5.74) is 6.39. The second kappa shape index (κ2) is 5.71. The number of benzene rings is 1. The van der Waals surface area contributed by atoms with Gasteiger partial charge in [-0.3, -0.25) is 9.89 Å². The van der Waals surface area contributed by atoms with Crippen molar-refractivity contribution in [3.8, 4) is 0 Å². The molecule has 0 aliphatic carbocycles. The summed E-state index contributed by atoms with van der Waals surface area (Å²) in [6, 6.07) is 7.46. The van der Waals surface area contributed by atoms with Crippen molar-refractivity contribution in [3.05, 3.63) is 40.7 Å². The van der Waals surface area contributed by atoms with Gasteiger partial charge in [0.15, 0.2) is 0 Å². The van der Waals surface area contributed by atoms with E-state index in [1.165, 1.54) is 0 Å². The summed E-state index contributed by atoms with van der Waals surface area (Å²) in [6.45, 7) is 1.90. The van der Waals surface area contributed by atoms with E-state index < -0.39 is 0 Å². The summed E-state index contributed by atoms with van der Waals surface area (Å²) in [5, 5.41) is 9.55. The molecule has 0 aliphatic heterocycles. The smallest absolute Gasteiger partial charge is 0.288 e. The number of nitrogens with two attached hydrogens (primary N) is 1. The van der Waals surface area contributed by atoms with Gasteiger partial charge in [-0.1, -0.05) is 23.7 Å². The second-order valence-electron chi connectivity index (χ2n) is 4.25. The fraction of sp³-hybridized carbons (Fsp3) is 0.250. The number of H-pyrrole nitrogens is 1. The highest BCUT2D eigenvalue weighted by Crippen LogP contribution is 2.12. The number of hydrogen-bond donors (Lipinski definition) is 3. The molecular formula is C12H14ClN5O. The lowest BCUT2D eigenvalue weighted by Crippen LogP contribution is -2.34. The number of nitrogens with one attached hydrogen (secondary N) is 2. The highest BCUT2D eigenvalue weighted by molar-refractivity contribution is 6.30. The monoisotopic (exact) mass is 279 g/mol. The lowest BCUT2D eigenvalue weighted by molar-refractivity contribution is 0.0930. The van der Waals surface area contributed by atoms with Crippen LogP contribution in [0.25, 0.3) is 0 Å². The Hall–Kier alpha value is -2.08. The van der Waals surface area contributed by atoms with Crippen molar-refractivity contribution in [2.75, 3.05) is 5.73 Å². The first-order valence-corrected chi connectivity index (χ1v) is 6.15. The summed E-state index contributed by atoms with van der Waals surface area (Å²) in [7, 11) is 0. The minimum atomic E-state index is -0.335. The predicted octanol–water partition coefficient (Wildman–Crippen LogP) is 1.40. The number of nitrogen functional groups attached to an aromatic ring is 1. The van der Waals surface area contributed by atoms with Crippen LogP contribution in [0.5, 0.6) is 0 Å². The molecule has 1 aromatic heterocycles. The molecule has 6 nitrogen and oxygen atoms in total. The van der Waals surface area contributed by atoms with Gasteiger partial charge >= 0.3 is 0 Å². The lowest BCUT2D eigenvalue weighted by Gasteiger charge is -2.12. The van der Waals surface area contributed by atoms with Gasteiger partial charge in [-0.2, -0.15) is 4.98 Å². The van der Waals surface area contributed by atoms with Crippen molar-refractivity contribution >= 4 is 23.5 Å². The molecule has 0 spiro atoms. The first kappa shape index (κ1) is 13.4. The van der Waals surface area contributed by atoms with Crippen LogP contribution in [0.2, 0.25) is 5.02 Å². The summed E-state index contributed by atoms with van der Waals surface area (Å²) in [6.07, 6.45) is 0.677. The zero-order valence-corrected chi connectivity index (χ0v) is 11.1. The van der Waals surface area contributed by atoms with Crippen LogP contribution in [0.4, 0.5) is 5.95 Å². The largest absolute Gasteiger partial charge is 0.366 e. The summed E-state index contributed by atoms with van der Waals surface area (Å²) in [4.78, 5) is 15.6. The minimum Gasteiger partial charge on any atom is -0.366 e. The zero-order chi connectivity index (χ0) is 13.8. The molecule has 0 saturated carbocycles. The van der Waals surface area contributed by atoms with Crippen molar-refractivity contribution in [2.45, 2.75) is 19.4 Å². The molecule has 100 valence electrons. The maximum absolute atomic E-state index is 11.8. The fourth-order valence-electron chi connectivity index (χ4n) is 1.74. The molecule has 0 aliphatic rings. The number of anilines is 1. The first-order valence-electron chi connectivity index (χ1n) is 5.78. The Morgan fingerprint density at radius 1 is 1.58 bits per heavy atom. The van der Waals surface area contributed by atoms with E-state index in [-0.39, 0.29) is 23.7 Å². The highest BCUT2D eigenvalue weighted by atomic mass is 35.5. The van der Waals surface area contributed by atoms with E-state index in [0.29, 0.717) is 11.4 Å². The van der Waals surface area contributed by atoms with Crippen LogP contribution in [0.1, 0.15) is 23.1 Å². The quantitative estimate of drug-likeness (QED) is 0.788. The fourth-order valence-corrected chi connectivity index (χ4v) is 1.95. The van der Waals surface area contributed by atoms with Crippen molar-refractivity contribution in [1.29, 1.82) is 0 Å². The molecule has 0 radical (unpaired) electrons. The Labute approximate surface area is 115 Å². The topological polar surface area (TPSA) is 96.7 Å². The third kappa shape index (κ3) is 3.69. The number of nitrogens with zero attached hydrogens (tertiary/aromatic N) is 2. The molecule has 2 aromatic rings. The number of rotatable bonds is 4. The van der Waals surface area contributed by atoms with Crippen molar-refractivity contribution in [1.82, 2.24) is 20.5 Å². The Balaban J connectivity index is 1.94. The molecule has 1 amide bonds. The van der Waals surface area contributed by atoms with E-state index in [9.17, 15) is 4.79 Å². The molecule has 19 heavy (non-hydrogen) atoms. The van der Waals surface area contributed by atoms with Gasteiger partial charge in [-0.15, -0.1) is 5.10 Å². The van der Waals surface area contributed by atoms with Crippen LogP contribution in [0.3, 0.4) is 0 Å². The van der Waals surface area contributed by atoms with Crippen molar-refractivity contribution in [2.24, 2.45) is 0 Å². The first-order chi connectivity index (χ1) is 9.04. The molecular weight excluding hydrogens is 266 g/mol. The van der Waals surface area contributed by atoms with E-state index in [2.05, 4.69) is 20.5 Å². The van der Waals surface area contributed by atoms with Crippen LogP contribution < -0.4 is 11.1 Å². The Bertz CT molecular complexity index is 583. The van der Waals surface area contributed by atoms with Gasteiger partial charge in [-0.25, -0.2) is 0 Å². The normalized spacial score (nSPS) is 12.1. The molecule has 7 heteroatoms. The molecule has 0 fully saturated rings. The van der Waals surface area contributed by atoms with Crippen LogP contribution >= 0.6 is 11.6 Å². The third-order valence-electron chi connectivity index (χ3n) is 2.53. The number of aromatic amines is 1. The SMILES string of the molecule is CC(Cc1cccc(Cl)c1)NC(=O)c1nc(N)n[nH]1. The Kier molecular flexibility index (Phi) is 4.01. The van der Waals surface area contributed by atoms with E-state index in [4.69, 9.17) is 17.3 Å². The van der Waals surface area contributed by atoms with Gasteiger partial charge < -0.3 is 11.1 Å². The van der Waals surface area contributed by atoms with Crippen LogP contribution in [0.15, 0.2) is 24.3 Å². The molecule has 1 heterocycles. The van der Waals surface area contributed by atoms with Gasteiger partial charge in [0, 0.05) is 11.1 Å². The molecule has 1 unspecified atom stereocenters.